The van der Waals surface area contributed by atoms with Gasteiger partial charge in [-0.25, -0.2) is 16.8 Å². The smallest absolute Gasteiger partial charge is 0.255 e. The van der Waals surface area contributed by atoms with Gasteiger partial charge in [-0.15, -0.1) is 0 Å². The van der Waals surface area contributed by atoms with Gasteiger partial charge in [-0.2, -0.15) is 4.31 Å². The lowest BCUT2D eigenvalue weighted by atomic mass is 10.1. The Morgan fingerprint density at radius 3 is 2.13 bits per heavy atom. The van der Waals surface area contributed by atoms with E-state index in [9.17, 15) is 21.6 Å². The van der Waals surface area contributed by atoms with Gasteiger partial charge in [-0.3, -0.25) is 9.10 Å². The van der Waals surface area contributed by atoms with Gasteiger partial charge < -0.3 is 10.1 Å². The maximum Gasteiger partial charge on any atom is 0.255 e. The molecule has 0 bridgehead atoms. The van der Waals surface area contributed by atoms with Crippen LogP contribution < -0.4 is 14.4 Å². The van der Waals surface area contributed by atoms with E-state index in [1.807, 2.05) is 32.0 Å². The van der Waals surface area contributed by atoms with Gasteiger partial charge in [0.15, 0.2) is 0 Å². The van der Waals surface area contributed by atoms with Crippen LogP contribution >= 0.6 is 0 Å². The van der Waals surface area contributed by atoms with Gasteiger partial charge in [0.25, 0.3) is 5.91 Å². The van der Waals surface area contributed by atoms with Crippen molar-refractivity contribution < 1.29 is 26.4 Å². The minimum absolute atomic E-state index is 0.0863. The molecule has 1 fully saturated rings. The molecule has 39 heavy (non-hydrogen) atoms. The van der Waals surface area contributed by atoms with Crippen LogP contribution in [0.15, 0.2) is 65.6 Å². The molecule has 0 unspecified atom stereocenters. The Kier molecular flexibility index (Phi) is 8.34. The average molecular weight is 572 g/mol. The van der Waals surface area contributed by atoms with Crippen LogP contribution in [-0.4, -0.2) is 53.5 Å². The molecule has 11 heteroatoms. The first kappa shape index (κ1) is 28.6. The summed E-state index contributed by atoms with van der Waals surface area (Å²) < 4.78 is 59.5. The van der Waals surface area contributed by atoms with Gasteiger partial charge in [-0.05, 0) is 73.7 Å². The minimum atomic E-state index is -3.67. The van der Waals surface area contributed by atoms with Gasteiger partial charge in [0.1, 0.15) is 5.75 Å². The summed E-state index contributed by atoms with van der Waals surface area (Å²) in [6, 6.07) is 16.6. The number of para-hydroxylation sites is 1. The number of nitrogens with zero attached hydrogens (tertiary/aromatic N) is 2. The highest BCUT2D eigenvalue weighted by atomic mass is 32.2. The van der Waals surface area contributed by atoms with Crippen molar-refractivity contribution >= 4 is 37.3 Å². The topological polar surface area (TPSA) is 113 Å². The number of amides is 1. The summed E-state index contributed by atoms with van der Waals surface area (Å²) in [6.45, 7) is 4.79. The van der Waals surface area contributed by atoms with Crippen molar-refractivity contribution in [3.05, 3.63) is 82.9 Å². The Balaban J connectivity index is 1.55. The largest absolute Gasteiger partial charge is 0.495 e. The van der Waals surface area contributed by atoms with Crippen LogP contribution in [0.4, 0.5) is 11.4 Å². The lowest BCUT2D eigenvalue weighted by Crippen LogP contribution is -2.30. The highest BCUT2D eigenvalue weighted by Gasteiger charge is 2.28. The normalized spacial score (nSPS) is 14.3. The zero-order valence-electron chi connectivity index (χ0n) is 22.5. The number of anilines is 2. The molecule has 208 valence electrons. The van der Waals surface area contributed by atoms with Crippen molar-refractivity contribution in [1.82, 2.24) is 4.31 Å². The number of hydrogen-bond acceptors (Lipinski definition) is 6. The molecular weight excluding hydrogens is 538 g/mol. The van der Waals surface area contributed by atoms with E-state index in [1.54, 1.807) is 24.3 Å². The monoisotopic (exact) mass is 571 g/mol. The second kappa shape index (κ2) is 11.4. The molecule has 1 aliphatic rings. The fourth-order valence-electron chi connectivity index (χ4n) is 4.71. The van der Waals surface area contributed by atoms with Crippen molar-refractivity contribution in [1.29, 1.82) is 0 Å². The first-order chi connectivity index (χ1) is 18.4. The van der Waals surface area contributed by atoms with Crippen LogP contribution in [0.3, 0.4) is 0 Å². The second-order valence-electron chi connectivity index (χ2n) is 9.63. The lowest BCUT2D eigenvalue weighted by Gasteiger charge is -2.26. The van der Waals surface area contributed by atoms with Gasteiger partial charge >= 0.3 is 0 Å². The molecule has 1 heterocycles. The first-order valence-electron chi connectivity index (χ1n) is 12.5. The Morgan fingerprint density at radius 1 is 0.949 bits per heavy atom. The molecule has 0 aliphatic carbocycles. The number of benzene rings is 3. The number of hydrogen-bond donors (Lipinski definition) is 1. The molecule has 0 atom stereocenters. The predicted molar refractivity (Wildman–Crippen MR) is 152 cm³/mol. The Bertz CT molecular complexity index is 1560. The molecule has 0 spiro atoms. The molecule has 0 radical (unpaired) electrons. The third-order valence-corrected chi connectivity index (χ3v) is 9.76. The zero-order valence-corrected chi connectivity index (χ0v) is 24.1. The molecule has 1 amide bonds. The third kappa shape index (κ3) is 6.26. The zero-order chi connectivity index (χ0) is 28.4. The number of nitrogens with one attached hydrogen (secondary N) is 1. The Morgan fingerprint density at radius 2 is 1.56 bits per heavy atom. The van der Waals surface area contributed by atoms with E-state index in [0.717, 1.165) is 24.0 Å². The second-order valence-corrected chi connectivity index (χ2v) is 13.5. The van der Waals surface area contributed by atoms with E-state index in [0.29, 0.717) is 35.7 Å². The van der Waals surface area contributed by atoms with E-state index < -0.39 is 26.0 Å². The van der Waals surface area contributed by atoms with E-state index in [4.69, 9.17) is 4.74 Å². The third-order valence-electron chi connectivity index (χ3n) is 6.75. The molecule has 4 rings (SSSR count). The van der Waals surface area contributed by atoms with Crippen LogP contribution in [0.5, 0.6) is 5.75 Å². The Hall–Kier alpha value is -3.41. The van der Waals surface area contributed by atoms with Gasteiger partial charge in [0.2, 0.25) is 20.0 Å². The summed E-state index contributed by atoms with van der Waals surface area (Å²) in [5.41, 5.74) is 3.60. The van der Waals surface area contributed by atoms with Crippen molar-refractivity contribution in [3.63, 3.8) is 0 Å². The fraction of sp³-hybridized carbons (Fsp3) is 0.321. The van der Waals surface area contributed by atoms with Gasteiger partial charge in [0.05, 0.1) is 36.2 Å². The summed E-state index contributed by atoms with van der Waals surface area (Å²) in [6.07, 6.45) is 2.81. The Labute approximate surface area is 230 Å². The summed E-state index contributed by atoms with van der Waals surface area (Å²) in [5, 5.41) is 2.75. The highest BCUT2D eigenvalue weighted by Crippen LogP contribution is 2.31. The highest BCUT2D eigenvalue weighted by molar-refractivity contribution is 7.92. The molecule has 1 aliphatic heterocycles. The number of carbonyl (C=O) groups excluding carboxylic acids is 1. The molecule has 9 nitrogen and oxygen atoms in total. The van der Waals surface area contributed by atoms with Crippen molar-refractivity contribution in [2.75, 3.05) is 36.1 Å². The van der Waals surface area contributed by atoms with Crippen molar-refractivity contribution in [3.8, 4) is 5.75 Å². The SMILES string of the molecule is COc1ccc(S(=O)(=O)N2CCCC2)cc1NC(=O)c1ccc(CN(c2c(C)cccc2C)S(C)(=O)=O)cc1. The summed E-state index contributed by atoms with van der Waals surface area (Å²) >= 11 is 0. The number of sulfonamides is 2. The molecule has 3 aromatic rings. The molecular formula is C28H33N3O6S2. The summed E-state index contributed by atoms with van der Waals surface area (Å²) in [4.78, 5) is 13.2. The maximum absolute atomic E-state index is 13.1. The number of carbonyl (C=O) groups is 1. The average Bonchev–Trinajstić information content (AvgIpc) is 3.44. The molecule has 0 saturated carbocycles. The van der Waals surface area contributed by atoms with Crippen LogP contribution in [0.1, 0.15) is 39.9 Å². The van der Waals surface area contributed by atoms with Crippen LogP contribution in [0.25, 0.3) is 0 Å². The van der Waals surface area contributed by atoms with E-state index in [1.165, 1.54) is 40.2 Å². The lowest BCUT2D eigenvalue weighted by molar-refractivity contribution is 0.102. The number of ether oxygens (including phenoxy) is 1. The molecule has 1 N–H and O–H groups in total. The molecule has 3 aromatic carbocycles. The number of methoxy groups -OCH3 is 1. The van der Waals surface area contributed by atoms with Crippen LogP contribution in [0.2, 0.25) is 0 Å². The van der Waals surface area contributed by atoms with E-state index >= 15 is 0 Å². The van der Waals surface area contributed by atoms with Crippen LogP contribution in [-0.2, 0) is 26.6 Å². The van der Waals surface area contributed by atoms with E-state index in [2.05, 4.69) is 5.32 Å². The maximum atomic E-state index is 13.1. The standard InChI is InChI=1S/C28H33N3O6S2/c1-20-8-7-9-21(2)27(20)31(38(4,33)34)19-22-10-12-23(13-11-22)28(32)29-25-18-24(14-15-26(25)37-3)39(35,36)30-16-5-6-17-30/h7-15,18H,5-6,16-17,19H2,1-4H3,(H,29,32). The number of rotatable bonds is 9. The minimum Gasteiger partial charge on any atom is -0.495 e. The number of aryl methyl sites for hydroxylation is 2. The summed E-state index contributed by atoms with van der Waals surface area (Å²) in [5.74, 6) is -0.122. The van der Waals surface area contributed by atoms with Gasteiger partial charge in [0, 0.05) is 18.7 Å². The summed E-state index contributed by atoms with van der Waals surface area (Å²) in [7, 11) is -5.80. The molecule has 0 aromatic heterocycles. The van der Waals surface area contributed by atoms with Gasteiger partial charge in [-0.1, -0.05) is 30.3 Å². The quantitative estimate of drug-likeness (QED) is 0.410. The predicted octanol–water partition coefficient (Wildman–Crippen LogP) is 4.32. The fourth-order valence-corrected chi connectivity index (χ4v) is 7.25. The first-order valence-corrected chi connectivity index (χ1v) is 15.8. The van der Waals surface area contributed by atoms with Crippen molar-refractivity contribution in [2.45, 2.75) is 38.1 Å². The van der Waals surface area contributed by atoms with Crippen molar-refractivity contribution in [2.24, 2.45) is 0 Å². The van der Waals surface area contributed by atoms with Crippen LogP contribution in [0, 0.1) is 13.8 Å². The van der Waals surface area contributed by atoms with E-state index in [-0.39, 0.29) is 17.1 Å². The molecule has 1 saturated heterocycles.